The molecule has 0 fully saturated rings. The molecule has 41 heavy (non-hydrogen) atoms. The first-order valence-electron chi connectivity index (χ1n) is 16.0. The maximum atomic E-state index is 12.0. The maximum absolute atomic E-state index is 12.0. The van der Waals surface area contributed by atoms with Gasteiger partial charge in [0.1, 0.15) is 6.61 Å². The summed E-state index contributed by atoms with van der Waals surface area (Å²) in [5.41, 5.74) is 0. The van der Waals surface area contributed by atoms with Gasteiger partial charge in [0.25, 0.3) is 0 Å². The van der Waals surface area contributed by atoms with Crippen LogP contribution in [0.5, 0.6) is 0 Å². The number of unbranched alkanes of at least 4 members (excludes halogenated alkanes) is 7. The van der Waals surface area contributed by atoms with E-state index in [1.54, 1.807) is 0 Å². The quantitative estimate of drug-likeness (QED) is 0.0605. The van der Waals surface area contributed by atoms with E-state index in [0.29, 0.717) is 12.8 Å². The van der Waals surface area contributed by atoms with E-state index in [2.05, 4.69) is 74.6 Å². The lowest BCUT2D eigenvalue weighted by molar-refractivity contribution is -0.161. The summed E-state index contributed by atoms with van der Waals surface area (Å²) in [6.45, 7) is 3.87. The molecule has 0 bridgehead atoms. The minimum atomic E-state index is -0.816. The van der Waals surface area contributed by atoms with E-state index in [0.717, 1.165) is 64.2 Å². The first-order valence-corrected chi connectivity index (χ1v) is 16.0. The lowest BCUT2D eigenvalue weighted by Crippen LogP contribution is -2.28. The van der Waals surface area contributed by atoms with Crippen LogP contribution in [-0.4, -0.2) is 36.4 Å². The Bertz CT molecular complexity index is 788. The van der Waals surface area contributed by atoms with Crippen LogP contribution in [0, 0.1) is 0 Å². The first-order chi connectivity index (χ1) is 20.1. The summed E-state index contributed by atoms with van der Waals surface area (Å²) in [7, 11) is 0. The van der Waals surface area contributed by atoms with E-state index in [1.807, 2.05) is 12.2 Å². The molecular formula is C36H58O5. The number of carbonyl (C=O) groups is 2. The average Bonchev–Trinajstić information content (AvgIpc) is 2.97. The van der Waals surface area contributed by atoms with Gasteiger partial charge in [0.15, 0.2) is 6.10 Å². The number of hydrogen-bond donors (Lipinski definition) is 1. The topological polar surface area (TPSA) is 72.8 Å². The Labute approximate surface area is 251 Å². The van der Waals surface area contributed by atoms with Crippen molar-refractivity contribution in [3.8, 4) is 0 Å². The third-order valence-electron chi connectivity index (χ3n) is 6.25. The highest BCUT2D eigenvalue weighted by Gasteiger charge is 2.15. The molecule has 0 spiro atoms. The van der Waals surface area contributed by atoms with Gasteiger partial charge in [-0.1, -0.05) is 119 Å². The van der Waals surface area contributed by atoms with Gasteiger partial charge >= 0.3 is 11.9 Å². The Hall–Kier alpha value is -2.66. The molecule has 0 radical (unpaired) electrons. The number of aliphatic hydroxyl groups excluding tert-OH is 1. The summed E-state index contributed by atoms with van der Waals surface area (Å²) < 4.78 is 10.5. The van der Waals surface area contributed by atoms with Gasteiger partial charge in [-0.25, -0.2) is 0 Å². The fourth-order valence-corrected chi connectivity index (χ4v) is 3.82. The summed E-state index contributed by atoms with van der Waals surface area (Å²) in [4.78, 5) is 24.0. The maximum Gasteiger partial charge on any atom is 0.306 e. The van der Waals surface area contributed by atoms with E-state index in [4.69, 9.17) is 9.47 Å². The molecule has 0 aliphatic heterocycles. The zero-order valence-corrected chi connectivity index (χ0v) is 26.0. The highest BCUT2D eigenvalue weighted by Crippen LogP contribution is 2.09. The molecule has 0 aromatic heterocycles. The molecule has 1 atom stereocenters. The minimum Gasteiger partial charge on any atom is -0.462 e. The van der Waals surface area contributed by atoms with Crippen LogP contribution in [0.25, 0.3) is 0 Å². The lowest BCUT2D eigenvalue weighted by atomic mass is 10.1. The molecule has 0 aliphatic rings. The molecule has 0 saturated carbocycles. The normalized spacial score (nSPS) is 13.1. The number of esters is 2. The van der Waals surface area contributed by atoms with Gasteiger partial charge < -0.3 is 14.6 Å². The summed E-state index contributed by atoms with van der Waals surface area (Å²) in [5, 5.41) is 9.47. The van der Waals surface area contributed by atoms with E-state index < -0.39 is 12.1 Å². The van der Waals surface area contributed by atoms with E-state index in [1.165, 1.54) is 25.7 Å². The smallest absolute Gasteiger partial charge is 0.306 e. The van der Waals surface area contributed by atoms with Gasteiger partial charge in [0.05, 0.1) is 6.61 Å². The van der Waals surface area contributed by atoms with Gasteiger partial charge in [-0.2, -0.15) is 0 Å². The zero-order chi connectivity index (χ0) is 30.1. The number of rotatable bonds is 27. The molecule has 0 aromatic carbocycles. The largest absolute Gasteiger partial charge is 0.462 e. The SMILES string of the molecule is CC/C=C\C/C=C\C/C=C\C/C=C\CCC(=O)OC(CO)COC(=O)CCCCCCC/C=C\C/C=C\CCCC. The Morgan fingerprint density at radius 3 is 1.68 bits per heavy atom. The summed E-state index contributed by atoms with van der Waals surface area (Å²) in [6, 6.07) is 0. The molecule has 5 nitrogen and oxygen atoms in total. The van der Waals surface area contributed by atoms with Gasteiger partial charge in [0, 0.05) is 12.8 Å². The number of carbonyl (C=O) groups excluding carboxylic acids is 2. The monoisotopic (exact) mass is 570 g/mol. The molecule has 0 saturated heterocycles. The number of hydrogen-bond acceptors (Lipinski definition) is 5. The lowest BCUT2D eigenvalue weighted by Gasteiger charge is -2.15. The van der Waals surface area contributed by atoms with Crippen LogP contribution in [-0.2, 0) is 19.1 Å². The molecular weight excluding hydrogens is 512 g/mol. The number of aliphatic hydroxyl groups is 1. The molecule has 0 aromatic rings. The predicted octanol–water partition coefficient (Wildman–Crippen LogP) is 9.44. The highest BCUT2D eigenvalue weighted by atomic mass is 16.6. The van der Waals surface area contributed by atoms with Crippen LogP contribution < -0.4 is 0 Å². The van der Waals surface area contributed by atoms with Crippen LogP contribution >= 0.6 is 0 Å². The van der Waals surface area contributed by atoms with Crippen molar-refractivity contribution in [1.82, 2.24) is 0 Å². The highest BCUT2D eigenvalue weighted by molar-refractivity contribution is 5.70. The fourth-order valence-electron chi connectivity index (χ4n) is 3.82. The third-order valence-corrected chi connectivity index (χ3v) is 6.25. The van der Waals surface area contributed by atoms with Crippen molar-refractivity contribution in [2.75, 3.05) is 13.2 Å². The number of allylic oxidation sites excluding steroid dienone is 12. The van der Waals surface area contributed by atoms with Crippen LogP contribution in [0.15, 0.2) is 72.9 Å². The predicted molar refractivity (Wildman–Crippen MR) is 173 cm³/mol. The molecule has 0 aliphatic carbocycles. The van der Waals surface area contributed by atoms with Crippen molar-refractivity contribution in [2.24, 2.45) is 0 Å². The molecule has 5 heteroatoms. The average molecular weight is 571 g/mol. The van der Waals surface area contributed by atoms with E-state index in [-0.39, 0.29) is 25.6 Å². The molecule has 0 heterocycles. The summed E-state index contributed by atoms with van der Waals surface area (Å²) in [6.07, 6.45) is 41.0. The Morgan fingerprint density at radius 1 is 0.585 bits per heavy atom. The van der Waals surface area contributed by atoms with Crippen LogP contribution in [0.3, 0.4) is 0 Å². The molecule has 232 valence electrons. The Balaban J connectivity index is 3.76. The van der Waals surface area contributed by atoms with Gasteiger partial charge in [-0.15, -0.1) is 0 Å². The summed E-state index contributed by atoms with van der Waals surface area (Å²) >= 11 is 0. The van der Waals surface area contributed by atoms with Crippen molar-refractivity contribution < 1.29 is 24.2 Å². The molecule has 0 rings (SSSR count). The standard InChI is InChI=1S/C36H58O5/c1-3-5-7-9-11-13-15-17-19-20-22-24-26-28-30-35(38)40-33-34(32-37)41-36(39)31-29-27-25-23-21-18-16-14-12-10-8-6-4-2/h6,8-9,11-12,14-15,17-18,21,25,27,34,37H,3-5,7,10,13,16,19-20,22-24,26,28-33H2,1-2H3/b8-6-,11-9-,14-12-,17-15-,21-18-,27-25-. The Kier molecular flexibility index (Phi) is 29.8. The second-order valence-electron chi connectivity index (χ2n) is 10.1. The number of ether oxygens (including phenoxy) is 2. The van der Waals surface area contributed by atoms with Crippen molar-refractivity contribution >= 4 is 11.9 Å². The molecule has 1 N–H and O–H groups in total. The van der Waals surface area contributed by atoms with E-state index in [9.17, 15) is 14.7 Å². The summed E-state index contributed by atoms with van der Waals surface area (Å²) in [5.74, 6) is -0.713. The van der Waals surface area contributed by atoms with Crippen LogP contribution in [0.4, 0.5) is 0 Å². The zero-order valence-electron chi connectivity index (χ0n) is 26.0. The second-order valence-corrected chi connectivity index (χ2v) is 10.1. The van der Waals surface area contributed by atoms with Crippen LogP contribution in [0.2, 0.25) is 0 Å². The van der Waals surface area contributed by atoms with Crippen LogP contribution in [0.1, 0.15) is 123 Å². The first kappa shape index (κ1) is 38.3. The molecule has 1 unspecified atom stereocenters. The fraction of sp³-hybridized carbons (Fsp3) is 0.611. The van der Waals surface area contributed by atoms with Gasteiger partial charge in [-0.3, -0.25) is 9.59 Å². The minimum absolute atomic E-state index is 0.106. The van der Waals surface area contributed by atoms with Crippen molar-refractivity contribution in [3.05, 3.63) is 72.9 Å². The molecule has 0 amide bonds. The Morgan fingerprint density at radius 2 is 1.10 bits per heavy atom. The van der Waals surface area contributed by atoms with Gasteiger partial charge in [-0.05, 0) is 64.2 Å². The third kappa shape index (κ3) is 30.1. The van der Waals surface area contributed by atoms with E-state index >= 15 is 0 Å². The van der Waals surface area contributed by atoms with Gasteiger partial charge in [0.2, 0.25) is 0 Å². The van der Waals surface area contributed by atoms with Crippen molar-refractivity contribution in [3.63, 3.8) is 0 Å². The van der Waals surface area contributed by atoms with Crippen molar-refractivity contribution in [2.45, 2.75) is 129 Å². The van der Waals surface area contributed by atoms with Crippen molar-refractivity contribution in [1.29, 1.82) is 0 Å². The second kappa shape index (κ2) is 31.9.